The van der Waals surface area contributed by atoms with Crippen LogP contribution in [0.5, 0.6) is 5.75 Å². The van der Waals surface area contributed by atoms with Gasteiger partial charge >= 0.3 is 0 Å². The monoisotopic (exact) mass is 305 g/mol. The lowest BCUT2D eigenvalue weighted by atomic mass is 10.2. The van der Waals surface area contributed by atoms with Crippen LogP contribution in [0.4, 0.5) is 4.39 Å². The predicted molar refractivity (Wildman–Crippen MR) is 81.0 cm³/mol. The Labute approximate surface area is 129 Å². The van der Waals surface area contributed by atoms with E-state index in [4.69, 9.17) is 4.74 Å². The molecule has 22 heavy (non-hydrogen) atoms. The van der Waals surface area contributed by atoms with Gasteiger partial charge in [0.15, 0.2) is 18.2 Å². The maximum atomic E-state index is 13.5. The van der Waals surface area contributed by atoms with E-state index in [9.17, 15) is 9.18 Å². The van der Waals surface area contributed by atoms with Crippen molar-refractivity contribution in [2.24, 2.45) is 5.92 Å². The molecule has 1 atom stereocenters. The minimum absolute atomic E-state index is 0.0970. The number of nitrogens with one attached hydrogen (secondary N) is 1. The molecule has 0 aliphatic heterocycles. The first-order valence-corrected chi connectivity index (χ1v) is 7.17. The van der Waals surface area contributed by atoms with E-state index in [0.717, 1.165) is 12.1 Å². The van der Waals surface area contributed by atoms with Crippen molar-refractivity contribution >= 4 is 5.91 Å². The van der Waals surface area contributed by atoms with Crippen LogP contribution in [0.2, 0.25) is 0 Å². The molecule has 1 aromatic heterocycles. The van der Waals surface area contributed by atoms with Crippen molar-refractivity contribution in [1.82, 2.24) is 15.1 Å². The van der Waals surface area contributed by atoms with Gasteiger partial charge in [-0.15, -0.1) is 0 Å². The average Bonchev–Trinajstić information content (AvgIpc) is 2.99. The van der Waals surface area contributed by atoms with Crippen molar-refractivity contribution in [1.29, 1.82) is 0 Å². The lowest BCUT2D eigenvalue weighted by molar-refractivity contribution is -0.123. The van der Waals surface area contributed by atoms with Crippen molar-refractivity contribution in [3.63, 3.8) is 0 Å². The maximum Gasteiger partial charge on any atom is 0.257 e. The molecular formula is C16H20FN3O2. The fourth-order valence-electron chi connectivity index (χ4n) is 2.00. The standard InChI is InChI=1S/C16H20FN3O2/c1-12-4-5-14(17)15(8-12)22-11-16(21)18-9-13(2)10-20-7-3-6-19-20/h3-8,13H,9-11H2,1-2H3,(H,18,21)/t13-/m0/s1. The van der Waals surface area contributed by atoms with Gasteiger partial charge in [-0.3, -0.25) is 9.48 Å². The van der Waals surface area contributed by atoms with E-state index in [2.05, 4.69) is 10.4 Å². The number of hydrogen-bond donors (Lipinski definition) is 1. The zero-order chi connectivity index (χ0) is 15.9. The Hall–Kier alpha value is -2.37. The van der Waals surface area contributed by atoms with E-state index in [1.165, 1.54) is 6.07 Å². The summed E-state index contributed by atoms with van der Waals surface area (Å²) in [6.07, 6.45) is 3.59. The van der Waals surface area contributed by atoms with Crippen molar-refractivity contribution < 1.29 is 13.9 Å². The van der Waals surface area contributed by atoms with E-state index in [1.807, 2.05) is 30.8 Å². The Morgan fingerprint density at radius 2 is 2.32 bits per heavy atom. The molecule has 1 aromatic carbocycles. The molecule has 0 spiro atoms. The lowest BCUT2D eigenvalue weighted by Crippen LogP contribution is -2.33. The molecule has 2 rings (SSSR count). The first-order chi connectivity index (χ1) is 10.5. The number of amides is 1. The highest BCUT2D eigenvalue weighted by Crippen LogP contribution is 2.17. The van der Waals surface area contributed by atoms with Crippen molar-refractivity contribution in [3.8, 4) is 5.75 Å². The van der Waals surface area contributed by atoms with Crippen molar-refractivity contribution in [2.75, 3.05) is 13.2 Å². The number of aromatic nitrogens is 2. The third-order valence-corrected chi connectivity index (χ3v) is 3.15. The summed E-state index contributed by atoms with van der Waals surface area (Å²) in [6.45, 7) is 4.89. The first-order valence-electron chi connectivity index (χ1n) is 7.17. The minimum atomic E-state index is -0.467. The summed E-state index contributed by atoms with van der Waals surface area (Å²) in [6, 6.07) is 6.41. The van der Waals surface area contributed by atoms with Gasteiger partial charge in [0.2, 0.25) is 0 Å². The molecule has 0 unspecified atom stereocenters. The molecule has 0 radical (unpaired) electrons. The summed E-state index contributed by atoms with van der Waals surface area (Å²) in [5.74, 6) is -0.405. The van der Waals surface area contributed by atoms with Gasteiger partial charge in [-0.05, 0) is 36.6 Å². The molecule has 2 aromatic rings. The van der Waals surface area contributed by atoms with Crippen LogP contribution >= 0.6 is 0 Å². The molecule has 1 heterocycles. The van der Waals surface area contributed by atoms with Crippen LogP contribution < -0.4 is 10.1 Å². The number of ether oxygens (including phenoxy) is 1. The number of benzene rings is 1. The molecule has 0 aliphatic carbocycles. The zero-order valence-electron chi connectivity index (χ0n) is 12.8. The van der Waals surface area contributed by atoms with Crippen LogP contribution in [0.3, 0.4) is 0 Å². The summed E-state index contributed by atoms with van der Waals surface area (Å²) in [5.41, 5.74) is 0.879. The third kappa shape index (κ3) is 4.87. The van der Waals surface area contributed by atoms with Gasteiger partial charge in [-0.1, -0.05) is 13.0 Å². The molecule has 0 bridgehead atoms. The number of aryl methyl sites for hydroxylation is 1. The van der Waals surface area contributed by atoms with Crippen molar-refractivity contribution in [2.45, 2.75) is 20.4 Å². The summed E-state index contributed by atoms with van der Waals surface area (Å²) < 4.78 is 20.5. The fraction of sp³-hybridized carbons (Fsp3) is 0.375. The third-order valence-electron chi connectivity index (χ3n) is 3.15. The topological polar surface area (TPSA) is 56.1 Å². The van der Waals surface area contributed by atoms with Crippen LogP contribution in [-0.4, -0.2) is 28.8 Å². The van der Waals surface area contributed by atoms with Crippen LogP contribution in [0.1, 0.15) is 12.5 Å². The molecule has 0 saturated carbocycles. The van der Waals surface area contributed by atoms with E-state index in [-0.39, 0.29) is 24.2 Å². The van der Waals surface area contributed by atoms with Crippen LogP contribution in [0.25, 0.3) is 0 Å². The Morgan fingerprint density at radius 1 is 1.50 bits per heavy atom. The fourth-order valence-corrected chi connectivity index (χ4v) is 2.00. The lowest BCUT2D eigenvalue weighted by Gasteiger charge is -2.13. The number of hydrogen-bond acceptors (Lipinski definition) is 3. The largest absolute Gasteiger partial charge is 0.481 e. The Morgan fingerprint density at radius 3 is 3.05 bits per heavy atom. The van der Waals surface area contributed by atoms with Gasteiger partial charge in [-0.2, -0.15) is 5.10 Å². The molecule has 6 heteroatoms. The predicted octanol–water partition coefficient (Wildman–Crippen LogP) is 2.16. The second kappa shape index (κ2) is 7.59. The molecule has 5 nitrogen and oxygen atoms in total. The number of rotatable bonds is 7. The number of carbonyl (C=O) groups excluding carboxylic acids is 1. The van der Waals surface area contributed by atoms with Gasteiger partial charge in [0.25, 0.3) is 5.91 Å². The van der Waals surface area contributed by atoms with E-state index in [1.54, 1.807) is 18.3 Å². The first kappa shape index (κ1) is 16.0. The Kier molecular flexibility index (Phi) is 5.52. The minimum Gasteiger partial charge on any atom is -0.481 e. The summed E-state index contributed by atoms with van der Waals surface area (Å²) in [7, 11) is 0. The van der Waals surface area contributed by atoms with Gasteiger partial charge in [0.05, 0.1) is 0 Å². The molecular weight excluding hydrogens is 285 g/mol. The second-order valence-electron chi connectivity index (χ2n) is 5.36. The van der Waals surface area contributed by atoms with Gasteiger partial charge in [0, 0.05) is 25.5 Å². The van der Waals surface area contributed by atoms with Crippen LogP contribution in [0.15, 0.2) is 36.7 Å². The SMILES string of the molecule is Cc1ccc(F)c(OCC(=O)NC[C@H](C)Cn2cccn2)c1. The quantitative estimate of drug-likeness (QED) is 0.853. The highest BCUT2D eigenvalue weighted by atomic mass is 19.1. The van der Waals surface area contributed by atoms with Gasteiger partial charge < -0.3 is 10.1 Å². The smallest absolute Gasteiger partial charge is 0.257 e. The molecule has 0 fully saturated rings. The maximum absolute atomic E-state index is 13.5. The number of nitrogens with zero attached hydrogens (tertiary/aromatic N) is 2. The average molecular weight is 305 g/mol. The summed E-state index contributed by atoms with van der Waals surface area (Å²) in [4.78, 5) is 11.7. The highest BCUT2D eigenvalue weighted by Gasteiger charge is 2.09. The van der Waals surface area contributed by atoms with Crippen molar-refractivity contribution in [3.05, 3.63) is 48.0 Å². The molecule has 0 aliphatic rings. The van der Waals surface area contributed by atoms with Gasteiger partial charge in [0.1, 0.15) is 0 Å². The van der Waals surface area contributed by atoms with Crippen LogP contribution in [-0.2, 0) is 11.3 Å². The molecule has 0 saturated heterocycles. The normalized spacial score (nSPS) is 12.0. The highest BCUT2D eigenvalue weighted by molar-refractivity contribution is 5.77. The summed E-state index contributed by atoms with van der Waals surface area (Å²) >= 11 is 0. The molecule has 1 N–H and O–H groups in total. The molecule has 118 valence electrons. The Balaban J connectivity index is 1.72. The van der Waals surface area contributed by atoms with E-state index < -0.39 is 5.82 Å². The summed E-state index contributed by atoms with van der Waals surface area (Å²) in [5, 5.41) is 6.89. The number of carbonyl (C=O) groups is 1. The zero-order valence-corrected chi connectivity index (χ0v) is 12.8. The number of halogens is 1. The Bertz CT molecular complexity index is 614. The van der Waals surface area contributed by atoms with E-state index in [0.29, 0.717) is 6.54 Å². The van der Waals surface area contributed by atoms with Crippen LogP contribution in [0, 0.1) is 18.7 Å². The second-order valence-corrected chi connectivity index (χ2v) is 5.36. The van der Waals surface area contributed by atoms with E-state index >= 15 is 0 Å². The molecule has 1 amide bonds. The van der Waals surface area contributed by atoms with Gasteiger partial charge in [-0.25, -0.2) is 4.39 Å².